The van der Waals surface area contributed by atoms with Crippen molar-refractivity contribution in [1.82, 2.24) is 4.98 Å². The highest BCUT2D eigenvalue weighted by atomic mass is 35.5. The van der Waals surface area contributed by atoms with Crippen LogP contribution in [0.15, 0.2) is 48.8 Å². The van der Waals surface area contributed by atoms with Gasteiger partial charge < -0.3 is 10.6 Å². The Morgan fingerprint density at radius 3 is 2.06 bits per heavy atom. The Hall–Kier alpha value is -1.65. The van der Waals surface area contributed by atoms with Gasteiger partial charge in [-0.3, -0.25) is 4.98 Å². The largest absolute Gasteiger partial charge is 0.332 e. The van der Waals surface area contributed by atoms with Crippen LogP contribution in [0.5, 0.6) is 0 Å². The SMILES string of the molecule is S=C(Nc1ccncc1)Nc1ccc(Cl)cc1. The van der Waals surface area contributed by atoms with Gasteiger partial charge in [0.1, 0.15) is 0 Å². The minimum absolute atomic E-state index is 0.526. The third-order valence-corrected chi connectivity index (χ3v) is 2.50. The molecule has 5 heteroatoms. The van der Waals surface area contributed by atoms with Crippen LogP contribution in [0, 0.1) is 0 Å². The molecule has 0 spiro atoms. The summed E-state index contributed by atoms with van der Waals surface area (Å²) in [5, 5.41) is 7.34. The Balaban J connectivity index is 1.96. The van der Waals surface area contributed by atoms with Gasteiger partial charge in [-0.2, -0.15) is 0 Å². The Kier molecular flexibility index (Phi) is 3.90. The van der Waals surface area contributed by atoms with E-state index in [0.717, 1.165) is 11.4 Å². The summed E-state index contributed by atoms with van der Waals surface area (Å²) in [5.74, 6) is 0. The normalized spacial score (nSPS) is 9.71. The van der Waals surface area contributed by atoms with Crippen molar-refractivity contribution < 1.29 is 0 Å². The van der Waals surface area contributed by atoms with Gasteiger partial charge in [0.2, 0.25) is 0 Å². The van der Waals surface area contributed by atoms with Crippen molar-refractivity contribution in [2.45, 2.75) is 0 Å². The molecular weight excluding hydrogens is 254 g/mol. The zero-order valence-corrected chi connectivity index (χ0v) is 10.4. The molecule has 0 aliphatic carbocycles. The first-order chi connectivity index (χ1) is 8.24. The van der Waals surface area contributed by atoms with Crippen molar-refractivity contribution in [2.75, 3.05) is 10.6 Å². The summed E-state index contributed by atoms with van der Waals surface area (Å²) in [6, 6.07) is 11.0. The Labute approximate surface area is 110 Å². The smallest absolute Gasteiger partial charge is 0.175 e. The fraction of sp³-hybridized carbons (Fsp3) is 0. The van der Waals surface area contributed by atoms with Crippen LogP contribution in [0.1, 0.15) is 0 Å². The van der Waals surface area contributed by atoms with Crippen LogP contribution in [0.3, 0.4) is 0 Å². The molecule has 0 bridgehead atoms. The third kappa shape index (κ3) is 3.69. The molecule has 17 heavy (non-hydrogen) atoms. The van der Waals surface area contributed by atoms with Gasteiger partial charge in [-0.25, -0.2) is 0 Å². The highest BCUT2D eigenvalue weighted by Crippen LogP contribution is 2.13. The Bertz CT molecular complexity index is 499. The standard InChI is InChI=1S/C12H10ClN3S/c13-9-1-3-10(4-2-9)15-12(17)16-11-5-7-14-8-6-11/h1-8H,(H2,14,15,16,17). The molecule has 0 unspecified atom stereocenters. The van der Waals surface area contributed by atoms with Crippen LogP contribution < -0.4 is 10.6 Å². The van der Waals surface area contributed by atoms with E-state index in [9.17, 15) is 0 Å². The topological polar surface area (TPSA) is 37.0 Å². The molecule has 1 heterocycles. The monoisotopic (exact) mass is 263 g/mol. The fourth-order valence-corrected chi connectivity index (χ4v) is 1.62. The van der Waals surface area contributed by atoms with E-state index in [2.05, 4.69) is 15.6 Å². The summed E-state index contributed by atoms with van der Waals surface area (Å²) >= 11 is 11.0. The molecule has 1 aromatic carbocycles. The number of aromatic nitrogens is 1. The fourth-order valence-electron chi connectivity index (χ4n) is 1.26. The molecule has 2 N–H and O–H groups in total. The van der Waals surface area contributed by atoms with E-state index in [0.29, 0.717) is 10.1 Å². The van der Waals surface area contributed by atoms with Crippen molar-refractivity contribution in [3.8, 4) is 0 Å². The number of rotatable bonds is 2. The van der Waals surface area contributed by atoms with E-state index in [1.54, 1.807) is 24.5 Å². The lowest BCUT2D eigenvalue weighted by Gasteiger charge is -2.10. The molecule has 3 nitrogen and oxygen atoms in total. The molecular formula is C12H10ClN3S. The van der Waals surface area contributed by atoms with Crippen molar-refractivity contribution >= 4 is 40.3 Å². The van der Waals surface area contributed by atoms with Crippen molar-refractivity contribution in [3.63, 3.8) is 0 Å². The van der Waals surface area contributed by atoms with Crippen molar-refractivity contribution in [3.05, 3.63) is 53.8 Å². The van der Waals surface area contributed by atoms with Gasteiger partial charge in [0.25, 0.3) is 0 Å². The first-order valence-electron chi connectivity index (χ1n) is 4.97. The molecule has 2 rings (SSSR count). The molecule has 0 aliphatic rings. The molecule has 0 aliphatic heterocycles. The van der Waals surface area contributed by atoms with Gasteiger partial charge in [0.05, 0.1) is 0 Å². The number of hydrogen-bond donors (Lipinski definition) is 2. The lowest BCUT2D eigenvalue weighted by molar-refractivity contribution is 1.33. The number of pyridine rings is 1. The molecule has 2 aromatic rings. The number of anilines is 2. The second-order valence-corrected chi connectivity index (χ2v) is 4.17. The molecule has 0 atom stereocenters. The van der Waals surface area contributed by atoms with E-state index in [-0.39, 0.29) is 0 Å². The maximum Gasteiger partial charge on any atom is 0.175 e. The van der Waals surface area contributed by atoms with Gasteiger partial charge >= 0.3 is 0 Å². The Morgan fingerprint density at radius 1 is 0.941 bits per heavy atom. The summed E-state index contributed by atoms with van der Waals surface area (Å²) in [4.78, 5) is 3.93. The number of nitrogens with one attached hydrogen (secondary N) is 2. The number of thiocarbonyl (C=S) groups is 1. The number of benzene rings is 1. The second-order valence-electron chi connectivity index (χ2n) is 3.32. The third-order valence-electron chi connectivity index (χ3n) is 2.04. The summed E-state index contributed by atoms with van der Waals surface area (Å²) in [6.07, 6.45) is 3.40. The minimum Gasteiger partial charge on any atom is -0.332 e. The molecule has 0 saturated heterocycles. The molecule has 0 saturated carbocycles. The van der Waals surface area contributed by atoms with Crippen LogP contribution in [0.25, 0.3) is 0 Å². The molecule has 86 valence electrons. The average Bonchev–Trinajstić information content (AvgIpc) is 2.33. The van der Waals surface area contributed by atoms with Crippen molar-refractivity contribution in [1.29, 1.82) is 0 Å². The summed E-state index contributed by atoms with van der Waals surface area (Å²) in [7, 11) is 0. The first kappa shape index (κ1) is 11.8. The highest BCUT2D eigenvalue weighted by Gasteiger charge is 1.98. The lowest BCUT2D eigenvalue weighted by Crippen LogP contribution is -2.18. The quantitative estimate of drug-likeness (QED) is 0.813. The predicted octanol–water partition coefficient (Wildman–Crippen LogP) is 3.54. The van der Waals surface area contributed by atoms with Crippen molar-refractivity contribution in [2.24, 2.45) is 0 Å². The summed E-state index contributed by atoms with van der Waals surface area (Å²) in [6.45, 7) is 0. The van der Waals surface area contributed by atoms with E-state index in [1.807, 2.05) is 24.3 Å². The molecule has 0 fully saturated rings. The zero-order chi connectivity index (χ0) is 12.1. The van der Waals surface area contributed by atoms with E-state index < -0.39 is 0 Å². The predicted molar refractivity (Wildman–Crippen MR) is 75.5 cm³/mol. The summed E-state index contributed by atoms with van der Waals surface area (Å²) in [5.41, 5.74) is 1.78. The van der Waals surface area contributed by atoms with Gasteiger partial charge in [0, 0.05) is 28.8 Å². The van der Waals surface area contributed by atoms with E-state index >= 15 is 0 Å². The van der Waals surface area contributed by atoms with Gasteiger partial charge in [-0.15, -0.1) is 0 Å². The maximum atomic E-state index is 5.79. The molecule has 0 radical (unpaired) electrons. The molecule has 0 amide bonds. The number of halogens is 1. The van der Waals surface area contributed by atoms with Crippen LogP contribution in [-0.4, -0.2) is 10.1 Å². The highest BCUT2D eigenvalue weighted by molar-refractivity contribution is 7.80. The Morgan fingerprint density at radius 2 is 1.47 bits per heavy atom. The second kappa shape index (κ2) is 5.61. The van der Waals surface area contributed by atoms with E-state index in [4.69, 9.17) is 23.8 Å². The van der Waals surface area contributed by atoms with Gasteiger partial charge in [-0.05, 0) is 48.6 Å². The number of hydrogen-bond acceptors (Lipinski definition) is 2. The van der Waals surface area contributed by atoms with Crippen LogP contribution >= 0.6 is 23.8 Å². The average molecular weight is 264 g/mol. The van der Waals surface area contributed by atoms with Crippen LogP contribution in [0.2, 0.25) is 5.02 Å². The van der Waals surface area contributed by atoms with Gasteiger partial charge in [-0.1, -0.05) is 11.6 Å². The number of nitrogens with zero attached hydrogens (tertiary/aromatic N) is 1. The lowest BCUT2D eigenvalue weighted by atomic mass is 10.3. The zero-order valence-electron chi connectivity index (χ0n) is 8.85. The van der Waals surface area contributed by atoms with E-state index in [1.165, 1.54) is 0 Å². The van der Waals surface area contributed by atoms with Gasteiger partial charge in [0.15, 0.2) is 5.11 Å². The first-order valence-corrected chi connectivity index (χ1v) is 5.76. The summed E-state index contributed by atoms with van der Waals surface area (Å²) < 4.78 is 0. The minimum atomic E-state index is 0.526. The molecule has 1 aromatic heterocycles. The van der Waals surface area contributed by atoms with Crippen LogP contribution in [0.4, 0.5) is 11.4 Å². The van der Waals surface area contributed by atoms with Crippen LogP contribution in [-0.2, 0) is 0 Å². The maximum absolute atomic E-state index is 5.79.